The molecular weight excluding hydrogens is 321 g/mol. The fraction of sp³-hybridized carbons (Fsp3) is 1.00. The highest BCUT2D eigenvalue weighted by molar-refractivity contribution is 9.26. The maximum absolute atomic E-state index is 11.9. The molecule has 8 heavy (non-hydrogen) atoms. The van der Waals surface area contributed by atoms with Gasteiger partial charge in [0.15, 0.2) is 0 Å². The van der Waals surface area contributed by atoms with Crippen molar-refractivity contribution in [3.05, 3.63) is 0 Å². The summed E-state index contributed by atoms with van der Waals surface area (Å²) < 4.78 is 32.4. The van der Waals surface area contributed by atoms with Crippen LogP contribution in [0.15, 0.2) is 0 Å². The van der Waals surface area contributed by atoms with E-state index < -0.39 is 8.32 Å². The van der Waals surface area contributed by atoms with E-state index in [1.54, 1.807) is 15.9 Å². The average Bonchev–Trinajstić information content (AvgIpc) is 1.25. The Morgan fingerprint density at radius 1 is 0.875 bits per heavy atom. The first-order chi connectivity index (χ1) is 3.25. The minimum absolute atomic E-state index is 1.80. The topological polar surface area (TPSA) is 0 Å². The lowest BCUT2D eigenvalue weighted by Gasteiger charge is -2.15. The van der Waals surface area contributed by atoms with Crippen LogP contribution in [-0.4, -0.2) is 8.32 Å². The summed E-state index contributed by atoms with van der Waals surface area (Å²) in [6.07, 6.45) is 0. The summed E-state index contributed by atoms with van der Waals surface area (Å²) >= 11 is 5.90. The van der Waals surface area contributed by atoms with Crippen molar-refractivity contribution in [2.24, 2.45) is 0 Å². The van der Waals surface area contributed by atoms with Crippen LogP contribution in [0.4, 0.5) is 13.2 Å². The van der Waals surface area contributed by atoms with Crippen molar-refractivity contribution in [1.82, 2.24) is 0 Å². The summed E-state index contributed by atoms with van der Waals surface area (Å²) in [6, 6.07) is 0. The highest BCUT2D eigenvalue weighted by Gasteiger charge is 2.49. The molecule has 0 bridgehead atoms. The molecule has 0 nitrogen and oxygen atoms in total. The maximum atomic E-state index is 11.9. The minimum atomic E-state index is -3.58. The molecule has 0 unspecified atom stereocenters. The van der Waals surface area contributed by atoms with Gasteiger partial charge in [-0.1, -0.05) is 0 Å². The fourth-order valence-electron chi connectivity index (χ4n) is 0. The first-order valence-corrected chi connectivity index (χ1v) is 3.76. The number of alkyl halides is 6. The number of hydrogen-bond donors (Lipinski definition) is 0. The molecule has 0 aliphatic carbocycles. The van der Waals surface area contributed by atoms with Gasteiger partial charge in [-0.2, -0.15) is 8.78 Å². The molecule has 0 amide bonds. The predicted molar refractivity (Wildman–Crippen MR) is 35.6 cm³/mol. The van der Waals surface area contributed by atoms with Crippen molar-refractivity contribution in [3.63, 3.8) is 0 Å². The maximum Gasteiger partial charge on any atom is 0.354 e. The highest BCUT2D eigenvalue weighted by Crippen LogP contribution is 2.46. The number of halogens is 6. The Bertz CT molecular complexity index is 67.5. The molecule has 0 radical (unpaired) electrons. The molecule has 0 aliphatic rings. The van der Waals surface area contributed by atoms with Gasteiger partial charge in [0.25, 0.3) is 3.49 Å². The van der Waals surface area contributed by atoms with Crippen LogP contribution in [0.2, 0.25) is 0 Å². The average molecular weight is 321 g/mol. The van der Waals surface area contributed by atoms with E-state index in [1.807, 2.05) is 0 Å². The molecule has 50 valence electrons. The molecule has 0 fully saturated rings. The van der Waals surface area contributed by atoms with Crippen molar-refractivity contribution in [2.75, 3.05) is 0 Å². The van der Waals surface area contributed by atoms with Gasteiger partial charge in [0, 0.05) is 0 Å². The zero-order valence-corrected chi connectivity index (χ0v) is 8.03. The Labute approximate surface area is 69.2 Å². The smallest absolute Gasteiger partial charge is 0.211 e. The van der Waals surface area contributed by atoms with Crippen LogP contribution >= 0.6 is 47.8 Å². The van der Waals surface area contributed by atoms with Crippen molar-refractivity contribution in [2.45, 2.75) is 8.32 Å². The van der Waals surface area contributed by atoms with Gasteiger partial charge in [-0.15, -0.1) is 0 Å². The van der Waals surface area contributed by atoms with Crippen molar-refractivity contribution in [1.29, 1.82) is 0 Å². The second-order valence-corrected chi connectivity index (χ2v) is 5.24. The zero-order chi connectivity index (χ0) is 7.00. The summed E-state index contributed by atoms with van der Waals surface area (Å²) in [5, 5.41) is 0. The van der Waals surface area contributed by atoms with E-state index in [9.17, 15) is 13.2 Å². The van der Waals surface area contributed by atoms with Crippen LogP contribution in [0.3, 0.4) is 0 Å². The molecule has 0 aromatic heterocycles. The SMILES string of the molecule is FC(F)(Br)C(F)(Br)Br. The monoisotopic (exact) mass is 318 g/mol. The summed E-state index contributed by atoms with van der Waals surface area (Å²) in [7, 11) is 0. The van der Waals surface area contributed by atoms with E-state index in [1.165, 1.54) is 0 Å². The van der Waals surface area contributed by atoms with Gasteiger partial charge >= 0.3 is 4.83 Å². The van der Waals surface area contributed by atoms with Crippen LogP contribution in [0.25, 0.3) is 0 Å². The third kappa shape index (κ3) is 2.68. The van der Waals surface area contributed by atoms with Crippen LogP contribution in [0.5, 0.6) is 0 Å². The molecule has 0 spiro atoms. The molecule has 0 atom stereocenters. The molecular formula is C2Br3F3. The van der Waals surface area contributed by atoms with Crippen molar-refractivity contribution < 1.29 is 13.2 Å². The van der Waals surface area contributed by atoms with Gasteiger partial charge in [-0.25, -0.2) is 4.39 Å². The Hall–Kier alpha value is 1.23. The van der Waals surface area contributed by atoms with Gasteiger partial charge in [-0.3, -0.25) is 0 Å². The molecule has 0 aliphatic heterocycles. The third-order valence-electron chi connectivity index (χ3n) is 0.321. The van der Waals surface area contributed by atoms with Gasteiger partial charge in [0.2, 0.25) is 0 Å². The van der Waals surface area contributed by atoms with Crippen LogP contribution in [0.1, 0.15) is 0 Å². The lowest BCUT2D eigenvalue weighted by atomic mass is 10.8. The van der Waals surface area contributed by atoms with Gasteiger partial charge in [0.1, 0.15) is 0 Å². The Balaban J connectivity index is 4.02. The quantitative estimate of drug-likeness (QED) is 0.650. The minimum Gasteiger partial charge on any atom is -0.211 e. The van der Waals surface area contributed by atoms with E-state index in [4.69, 9.17) is 0 Å². The molecule has 0 aromatic rings. The molecule has 0 saturated carbocycles. The highest BCUT2D eigenvalue weighted by atomic mass is 79.9. The van der Waals surface area contributed by atoms with E-state index >= 15 is 0 Å². The van der Waals surface area contributed by atoms with Crippen molar-refractivity contribution in [3.8, 4) is 0 Å². The lowest BCUT2D eigenvalue weighted by molar-refractivity contribution is 0.0553. The second kappa shape index (κ2) is 2.46. The third-order valence-corrected chi connectivity index (χ3v) is 2.93. The van der Waals surface area contributed by atoms with Crippen LogP contribution in [-0.2, 0) is 0 Å². The normalized spacial score (nSPS) is 14.2. The number of rotatable bonds is 1. The van der Waals surface area contributed by atoms with E-state index in [2.05, 4.69) is 31.9 Å². The molecule has 0 rings (SSSR count). The summed E-state index contributed by atoms with van der Waals surface area (Å²) in [5.41, 5.74) is 0. The van der Waals surface area contributed by atoms with Gasteiger partial charge in [0.05, 0.1) is 0 Å². The lowest BCUT2D eigenvalue weighted by Crippen LogP contribution is -2.25. The molecule has 0 heterocycles. The molecule has 0 aromatic carbocycles. The predicted octanol–water partition coefficient (Wildman–Crippen LogP) is 3.39. The van der Waals surface area contributed by atoms with Gasteiger partial charge in [-0.05, 0) is 47.8 Å². The molecule has 6 heteroatoms. The summed E-state index contributed by atoms with van der Waals surface area (Å²) in [5.74, 6) is 0. The van der Waals surface area contributed by atoms with E-state index in [0.717, 1.165) is 0 Å². The standard InChI is InChI=1S/C2Br3F3/c3-1(4,6)2(5,7)8. The van der Waals surface area contributed by atoms with Crippen LogP contribution in [0, 0.1) is 0 Å². The van der Waals surface area contributed by atoms with Crippen molar-refractivity contribution >= 4 is 47.8 Å². The zero-order valence-electron chi connectivity index (χ0n) is 3.27. The number of hydrogen-bond acceptors (Lipinski definition) is 0. The largest absolute Gasteiger partial charge is 0.354 e. The van der Waals surface area contributed by atoms with E-state index in [-0.39, 0.29) is 0 Å². The van der Waals surface area contributed by atoms with E-state index in [0.29, 0.717) is 0 Å². The fourth-order valence-corrected chi connectivity index (χ4v) is 0. The molecule has 0 saturated heterocycles. The summed E-state index contributed by atoms with van der Waals surface area (Å²) in [4.78, 5) is -3.58. The Kier molecular flexibility index (Phi) is 2.84. The Morgan fingerprint density at radius 2 is 1.00 bits per heavy atom. The summed E-state index contributed by atoms with van der Waals surface area (Å²) in [6.45, 7) is 0. The van der Waals surface area contributed by atoms with Crippen LogP contribution < -0.4 is 0 Å². The first-order valence-electron chi connectivity index (χ1n) is 1.38. The second-order valence-electron chi connectivity index (χ2n) is 0.996. The Morgan fingerprint density at radius 3 is 1.00 bits per heavy atom. The van der Waals surface area contributed by atoms with Gasteiger partial charge < -0.3 is 0 Å². The molecule has 0 N–H and O–H groups in total. The first kappa shape index (κ1) is 9.23.